The first-order valence-corrected chi connectivity index (χ1v) is 9.90. The van der Waals surface area contributed by atoms with Crippen LogP contribution in [0.1, 0.15) is 24.8 Å². The maximum Gasteiger partial charge on any atom is 0.414 e. The number of carboxylic acid groups (broad SMARTS) is 2. The fraction of sp³-hybridized carbons (Fsp3) is 0.526. The van der Waals surface area contributed by atoms with Gasteiger partial charge in [0.2, 0.25) is 5.91 Å². The second-order valence-corrected chi connectivity index (χ2v) is 7.53. The van der Waals surface area contributed by atoms with Gasteiger partial charge in [-0.2, -0.15) is 0 Å². The number of likely N-dealkylation sites (N-methyl/N-ethyl adjacent to an activating group) is 1. The Balaban J connectivity index is 0.000000612. The standard InChI is InChI=1S/C17H24Cl2N2O2.C2H2O4/c1-20(14(6-9-22)12-21-7-2-3-8-21)17(23)11-13-4-5-15(18)16(19)10-13;3-1(4)2(5)6/h4-5,10,14,22H,2-3,6-9,11-12H2,1H3;(H,3,4)(H,5,6)/t14-;/m0./s1. The van der Waals surface area contributed by atoms with Gasteiger partial charge in [-0.05, 0) is 50.0 Å². The molecule has 1 aliphatic rings. The molecule has 10 heteroatoms. The number of hydrogen-bond acceptors (Lipinski definition) is 5. The van der Waals surface area contributed by atoms with E-state index in [0.29, 0.717) is 16.5 Å². The van der Waals surface area contributed by atoms with Gasteiger partial charge in [0.05, 0.1) is 16.5 Å². The van der Waals surface area contributed by atoms with E-state index in [-0.39, 0.29) is 25.0 Å². The van der Waals surface area contributed by atoms with Crippen molar-refractivity contribution in [2.24, 2.45) is 0 Å². The molecule has 0 saturated carbocycles. The van der Waals surface area contributed by atoms with E-state index in [1.807, 2.05) is 13.1 Å². The van der Waals surface area contributed by atoms with Gasteiger partial charge in [-0.3, -0.25) is 4.79 Å². The van der Waals surface area contributed by atoms with Gasteiger partial charge in [0.1, 0.15) is 0 Å². The third kappa shape index (κ3) is 8.99. The smallest absolute Gasteiger partial charge is 0.414 e. The summed E-state index contributed by atoms with van der Waals surface area (Å²) in [5.41, 5.74) is 0.847. The van der Waals surface area contributed by atoms with Crippen molar-refractivity contribution >= 4 is 41.0 Å². The molecular formula is C19H26Cl2N2O6. The number of carbonyl (C=O) groups is 3. The van der Waals surface area contributed by atoms with Crippen LogP contribution in [0.5, 0.6) is 0 Å². The molecule has 1 fully saturated rings. The van der Waals surface area contributed by atoms with Gasteiger partial charge in [0.15, 0.2) is 0 Å². The molecule has 1 aromatic carbocycles. The molecule has 0 radical (unpaired) electrons. The van der Waals surface area contributed by atoms with Gasteiger partial charge in [-0.1, -0.05) is 29.3 Å². The molecule has 3 N–H and O–H groups in total. The lowest BCUT2D eigenvalue weighted by molar-refractivity contribution is -0.159. The summed E-state index contributed by atoms with van der Waals surface area (Å²) >= 11 is 11.9. The Morgan fingerprint density at radius 1 is 1.10 bits per heavy atom. The predicted octanol–water partition coefficient (Wildman–Crippen LogP) is 2.00. The Hall–Kier alpha value is -1.87. The Kier molecular flexibility index (Phi) is 11.0. The van der Waals surface area contributed by atoms with Crippen molar-refractivity contribution in [1.29, 1.82) is 0 Å². The van der Waals surface area contributed by atoms with Crippen LogP contribution in [0.25, 0.3) is 0 Å². The van der Waals surface area contributed by atoms with Crippen LogP contribution in [0.15, 0.2) is 18.2 Å². The normalized spacial score (nSPS) is 14.6. The lowest BCUT2D eigenvalue weighted by Crippen LogP contribution is -2.45. The van der Waals surface area contributed by atoms with Crippen molar-refractivity contribution in [3.05, 3.63) is 33.8 Å². The van der Waals surface area contributed by atoms with Gasteiger partial charge in [0.25, 0.3) is 0 Å². The average molecular weight is 449 g/mol. The highest BCUT2D eigenvalue weighted by molar-refractivity contribution is 6.42. The summed E-state index contributed by atoms with van der Waals surface area (Å²) in [7, 11) is 1.82. The third-order valence-electron chi connectivity index (χ3n) is 4.59. The Labute approximate surface area is 179 Å². The number of carbonyl (C=O) groups excluding carboxylic acids is 1. The fourth-order valence-corrected chi connectivity index (χ4v) is 3.29. The zero-order valence-electron chi connectivity index (χ0n) is 16.2. The highest BCUT2D eigenvalue weighted by atomic mass is 35.5. The number of aliphatic hydroxyl groups excluding tert-OH is 1. The minimum absolute atomic E-state index is 0.0287. The first-order valence-electron chi connectivity index (χ1n) is 9.14. The molecule has 29 heavy (non-hydrogen) atoms. The van der Waals surface area contributed by atoms with Gasteiger partial charge in [-0.25, -0.2) is 9.59 Å². The molecule has 8 nitrogen and oxygen atoms in total. The first kappa shape index (κ1) is 25.2. The van der Waals surface area contributed by atoms with Crippen LogP contribution in [-0.2, 0) is 20.8 Å². The van der Waals surface area contributed by atoms with E-state index in [1.54, 1.807) is 17.0 Å². The minimum Gasteiger partial charge on any atom is -0.473 e. The number of likely N-dealkylation sites (tertiary alicyclic amines) is 1. The van der Waals surface area contributed by atoms with E-state index >= 15 is 0 Å². The highest BCUT2D eigenvalue weighted by Gasteiger charge is 2.23. The van der Waals surface area contributed by atoms with E-state index in [9.17, 15) is 9.90 Å². The zero-order chi connectivity index (χ0) is 22.0. The van der Waals surface area contributed by atoms with Crippen molar-refractivity contribution in [3.8, 4) is 0 Å². The largest absolute Gasteiger partial charge is 0.473 e. The van der Waals surface area contributed by atoms with E-state index in [4.69, 9.17) is 43.0 Å². The van der Waals surface area contributed by atoms with Crippen molar-refractivity contribution in [2.45, 2.75) is 31.7 Å². The molecule has 1 heterocycles. The molecule has 0 aliphatic carbocycles. The van der Waals surface area contributed by atoms with Gasteiger partial charge >= 0.3 is 11.9 Å². The van der Waals surface area contributed by atoms with Crippen LogP contribution in [-0.4, -0.2) is 82.3 Å². The van der Waals surface area contributed by atoms with Crippen LogP contribution in [0, 0.1) is 0 Å². The molecular weight excluding hydrogens is 423 g/mol. The molecule has 1 saturated heterocycles. The number of amides is 1. The quantitative estimate of drug-likeness (QED) is 0.545. The summed E-state index contributed by atoms with van der Waals surface area (Å²) < 4.78 is 0. The Morgan fingerprint density at radius 2 is 1.69 bits per heavy atom. The van der Waals surface area contributed by atoms with Crippen molar-refractivity contribution in [2.75, 3.05) is 33.3 Å². The van der Waals surface area contributed by atoms with Crippen molar-refractivity contribution < 1.29 is 29.7 Å². The SMILES string of the molecule is CN(C(=O)Cc1ccc(Cl)c(Cl)c1)[C@@H](CCO)CN1CCCC1.O=C(O)C(=O)O. The van der Waals surface area contributed by atoms with Crippen molar-refractivity contribution in [3.63, 3.8) is 0 Å². The van der Waals surface area contributed by atoms with E-state index < -0.39 is 11.9 Å². The maximum atomic E-state index is 12.5. The van der Waals surface area contributed by atoms with Gasteiger partial charge in [0, 0.05) is 26.2 Å². The molecule has 162 valence electrons. The first-order chi connectivity index (χ1) is 13.6. The van der Waals surface area contributed by atoms with Crippen LogP contribution in [0.3, 0.4) is 0 Å². The predicted molar refractivity (Wildman–Crippen MR) is 109 cm³/mol. The van der Waals surface area contributed by atoms with Crippen LogP contribution >= 0.6 is 23.2 Å². The third-order valence-corrected chi connectivity index (χ3v) is 5.33. The molecule has 1 aromatic rings. The number of carboxylic acids is 2. The lowest BCUT2D eigenvalue weighted by Gasteiger charge is -2.31. The molecule has 2 rings (SSSR count). The monoisotopic (exact) mass is 448 g/mol. The highest BCUT2D eigenvalue weighted by Crippen LogP contribution is 2.23. The van der Waals surface area contributed by atoms with E-state index in [0.717, 1.165) is 25.2 Å². The Bertz CT molecular complexity index is 698. The second-order valence-electron chi connectivity index (χ2n) is 6.71. The van der Waals surface area contributed by atoms with Gasteiger partial charge < -0.3 is 25.1 Å². The van der Waals surface area contributed by atoms with E-state index in [2.05, 4.69) is 4.90 Å². The number of hydrogen-bond donors (Lipinski definition) is 3. The summed E-state index contributed by atoms with van der Waals surface area (Å²) in [6.45, 7) is 3.07. The summed E-state index contributed by atoms with van der Waals surface area (Å²) in [6, 6.07) is 5.30. The molecule has 0 spiro atoms. The minimum atomic E-state index is -1.82. The summed E-state index contributed by atoms with van der Waals surface area (Å²) in [5.74, 6) is -3.62. The molecule has 1 atom stereocenters. The van der Waals surface area contributed by atoms with Crippen molar-refractivity contribution in [1.82, 2.24) is 9.80 Å². The molecule has 0 unspecified atom stereocenters. The molecule has 1 aliphatic heterocycles. The van der Waals surface area contributed by atoms with Crippen LogP contribution < -0.4 is 0 Å². The number of aliphatic hydroxyl groups is 1. The zero-order valence-corrected chi connectivity index (χ0v) is 17.7. The molecule has 0 bridgehead atoms. The summed E-state index contributed by atoms with van der Waals surface area (Å²) in [6.07, 6.45) is 3.31. The van der Waals surface area contributed by atoms with E-state index in [1.165, 1.54) is 12.8 Å². The summed E-state index contributed by atoms with van der Waals surface area (Å²) in [4.78, 5) is 34.9. The number of nitrogens with zero attached hydrogens (tertiary/aromatic N) is 2. The summed E-state index contributed by atoms with van der Waals surface area (Å²) in [5, 5.41) is 25.0. The second kappa shape index (κ2) is 12.6. The number of rotatable bonds is 7. The van der Waals surface area contributed by atoms with Crippen LogP contribution in [0.2, 0.25) is 10.0 Å². The van der Waals surface area contributed by atoms with Crippen LogP contribution in [0.4, 0.5) is 0 Å². The lowest BCUT2D eigenvalue weighted by atomic mass is 10.1. The maximum absolute atomic E-state index is 12.5. The van der Waals surface area contributed by atoms with Gasteiger partial charge in [-0.15, -0.1) is 0 Å². The fourth-order valence-electron chi connectivity index (χ4n) is 2.97. The average Bonchev–Trinajstić information content (AvgIpc) is 3.17. The molecule has 0 aromatic heterocycles. The Morgan fingerprint density at radius 3 is 2.17 bits per heavy atom. The topological polar surface area (TPSA) is 118 Å². The number of aliphatic carboxylic acids is 2. The number of benzene rings is 1. The number of halogens is 2. The molecule has 1 amide bonds.